The van der Waals surface area contributed by atoms with Crippen LogP contribution in [0.25, 0.3) is 17.2 Å². The highest BCUT2D eigenvalue weighted by Crippen LogP contribution is 2.39. The van der Waals surface area contributed by atoms with Crippen molar-refractivity contribution >= 4 is 11.7 Å². The van der Waals surface area contributed by atoms with E-state index in [1.54, 1.807) is 11.2 Å². The van der Waals surface area contributed by atoms with Crippen LogP contribution >= 0.6 is 0 Å². The lowest BCUT2D eigenvalue weighted by Crippen LogP contribution is -2.38. The Balaban J connectivity index is 1.32. The van der Waals surface area contributed by atoms with Crippen LogP contribution < -0.4 is 4.90 Å². The molecule has 1 aromatic carbocycles. The van der Waals surface area contributed by atoms with Gasteiger partial charge in [-0.25, -0.2) is 9.97 Å². The molecule has 0 bridgehead atoms. The molecule has 166 valence electrons. The van der Waals surface area contributed by atoms with Crippen molar-refractivity contribution in [2.24, 2.45) is 0 Å². The number of imidazole rings is 1. The fraction of sp³-hybridized carbons (Fsp3) is 0.320. The molecule has 1 aliphatic heterocycles. The van der Waals surface area contributed by atoms with Gasteiger partial charge in [0.05, 0.1) is 12.0 Å². The first-order valence-electron chi connectivity index (χ1n) is 11.4. The Labute approximate surface area is 191 Å². The molecule has 0 spiro atoms. The van der Waals surface area contributed by atoms with E-state index in [-0.39, 0.29) is 11.9 Å². The summed E-state index contributed by atoms with van der Waals surface area (Å²) in [5.41, 5.74) is 4.58. The summed E-state index contributed by atoms with van der Waals surface area (Å²) in [5, 5.41) is 8.30. The number of nitrogens with zero attached hydrogens (tertiary/aromatic N) is 7. The Morgan fingerprint density at radius 3 is 2.79 bits per heavy atom. The standard InChI is InChI=1S/C25H25N7O/c1-16(2)32-15-27-29-24(32)21-4-3-5-23(28-21)31-11-10-17-8-9-19(12-20(17)25(31)33)30-13-22(26-14-30)18-6-7-18/h3-5,8-9,12-16,18H,6-7,10-11H2,1-2H3. The molecule has 0 N–H and O–H groups in total. The van der Waals surface area contributed by atoms with Gasteiger partial charge in [0.1, 0.15) is 17.8 Å². The summed E-state index contributed by atoms with van der Waals surface area (Å²) >= 11 is 0. The lowest BCUT2D eigenvalue weighted by Gasteiger charge is -2.28. The van der Waals surface area contributed by atoms with Gasteiger partial charge in [0.25, 0.3) is 5.91 Å². The zero-order chi connectivity index (χ0) is 22.5. The van der Waals surface area contributed by atoms with Crippen LogP contribution in [0.4, 0.5) is 5.82 Å². The van der Waals surface area contributed by atoms with Crippen LogP contribution in [0.2, 0.25) is 0 Å². The molecular formula is C25H25N7O. The van der Waals surface area contributed by atoms with Crippen molar-refractivity contribution in [3.63, 3.8) is 0 Å². The highest BCUT2D eigenvalue weighted by molar-refractivity contribution is 6.08. The highest BCUT2D eigenvalue weighted by Gasteiger charge is 2.28. The van der Waals surface area contributed by atoms with E-state index in [0.29, 0.717) is 29.8 Å². The Kier molecular flexibility index (Phi) is 4.60. The average Bonchev–Trinajstić information content (AvgIpc) is 3.34. The number of benzene rings is 1. The first-order valence-corrected chi connectivity index (χ1v) is 11.4. The number of carbonyl (C=O) groups is 1. The summed E-state index contributed by atoms with van der Waals surface area (Å²) in [6.07, 6.45) is 8.86. The molecule has 4 aromatic rings. The van der Waals surface area contributed by atoms with Crippen molar-refractivity contribution in [2.75, 3.05) is 11.4 Å². The van der Waals surface area contributed by atoms with E-state index >= 15 is 0 Å². The van der Waals surface area contributed by atoms with Gasteiger partial charge in [0.2, 0.25) is 0 Å². The van der Waals surface area contributed by atoms with E-state index in [2.05, 4.69) is 47.4 Å². The van der Waals surface area contributed by atoms with Gasteiger partial charge in [0, 0.05) is 36.0 Å². The van der Waals surface area contributed by atoms with Crippen molar-refractivity contribution < 1.29 is 4.79 Å². The van der Waals surface area contributed by atoms with Crippen molar-refractivity contribution in [3.8, 4) is 17.2 Å². The number of rotatable bonds is 5. The van der Waals surface area contributed by atoms with Crippen LogP contribution in [0.15, 0.2) is 55.2 Å². The van der Waals surface area contributed by atoms with Gasteiger partial charge in [-0.15, -0.1) is 10.2 Å². The Bertz CT molecular complexity index is 1350. The lowest BCUT2D eigenvalue weighted by atomic mass is 9.98. The molecule has 0 unspecified atom stereocenters. The second-order valence-corrected chi connectivity index (χ2v) is 9.06. The van der Waals surface area contributed by atoms with Crippen molar-refractivity contribution in [2.45, 2.75) is 45.1 Å². The molecule has 1 aliphatic carbocycles. The summed E-state index contributed by atoms with van der Waals surface area (Å²) in [7, 11) is 0. The molecule has 3 aromatic heterocycles. The maximum absolute atomic E-state index is 13.5. The van der Waals surface area contributed by atoms with E-state index in [0.717, 1.165) is 28.9 Å². The van der Waals surface area contributed by atoms with Gasteiger partial charge in [-0.05, 0) is 62.9 Å². The number of anilines is 1. The molecule has 1 saturated carbocycles. The normalized spacial score (nSPS) is 15.8. The number of fused-ring (bicyclic) bond motifs is 1. The predicted molar refractivity (Wildman–Crippen MR) is 125 cm³/mol. The van der Waals surface area contributed by atoms with Crippen LogP contribution in [0.5, 0.6) is 0 Å². The molecule has 33 heavy (non-hydrogen) atoms. The Hall–Kier alpha value is -3.81. The van der Waals surface area contributed by atoms with Crippen LogP contribution in [0.1, 0.15) is 60.3 Å². The van der Waals surface area contributed by atoms with E-state index in [1.807, 2.05) is 39.7 Å². The summed E-state index contributed by atoms with van der Waals surface area (Å²) < 4.78 is 3.99. The first-order chi connectivity index (χ1) is 16.1. The van der Waals surface area contributed by atoms with E-state index < -0.39 is 0 Å². The second-order valence-electron chi connectivity index (χ2n) is 9.06. The molecular weight excluding hydrogens is 414 g/mol. The number of carbonyl (C=O) groups excluding carboxylic acids is 1. The number of amides is 1. The van der Waals surface area contributed by atoms with Gasteiger partial charge in [-0.1, -0.05) is 12.1 Å². The molecule has 6 rings (SSSR count). The smallest absolute Gasteiger partial charge is 0.259 e. The predicted octanol–water partition coefficient (Wildman–Crippen LogP) is 4.19. The average molecular weight is 440 g/mol. The Morgan fingerprint density at radius 1 is 1.09 bits per heavy atom. The molecule has 1 amide bonds. The SMILES string of the molecule is CC(C)n1cnnc1-c1cccc(N2CCc3ccc(-n4cnc(C5CC5)c4)cc3C2=O)n1. The minimum absolute atomic E-state index is 0.0318. The quantitative estimate of drug-likeness (QED) is 0.466. The van der Waals surface area contributed by atoms with Gasteiger partial charge in [-0.3, -0.25) is 9.69 Å². The number of pyridine rings is 1. The van der Waals surface area contributed by atoms with Gasteiger partial charge in [-0.2, -0.15) is 0 Å². The van der Waals surface area contributed by atoms with Gasteiger partial charge < -0.3 is 9.13 Å². The van der Waals surface area contributed by atoms with Crippen molar-refractivity contribution in [1.82, 2.24) is 29.3 Å². The van der Waals surface area contributed by atoms with Gasteiger partial charge >= 0.3 is 0 Å². The minimum Gasteiger partial charge on any atom is -0.310 e. The molecule has 8 nitrogen and oxygen atoms in total. The van der Waals surface area contributed by atoms with Crippen LogP contribution in [0, 0.1) is 0 Å². The summed E-state index contributed by atoms with van der Waals surface area (Å²) in [5.74, 6) is 1.90. The summed E-state index contributed by atoms with van der Waals surface area (Å²) in [6.45, 7) is 4.75. The summed E-state index contributed by atoms with van der Waals surface area (Å²) in [6, 6.07) is 12.0. The third kappa shape index (κ3) is 3.51. The Morgan fingerprint density at radius 2 is 1.97 bits per heavy atom. The second kappa shape index (κ2) is 7.65. The van der Waals surface area contributed by atoms with Crippen molar-refractivity contribution in [1.29, 1.82) is 0 Å². The maximum atomic E-state index is 13.5. The number of aromatic nitrogens is 6. The number of hydrogen-bond donors (Lipinski definition) is 0. The highest BCUT2D eigenvalue weighted by atomic mass is 16.2. The van der Waals surface area contributed by atoms with Crippen molar-refractivity contribution in [3.05, 3.63) is 72.1 Å². The fourth-order valence-electron chi connectivity index (χ4n) is 4.41. The fourth-order valence-corrected chi connectivity index (χ4v) is 4.41. The maximum Gasteiger partial charge on any atom is 0.259 e. The monoisotopic (exact) mass is 439 g/mol. The molecule has 8 heteroatoms. The van der Waals surface area contributed by atoms with Crippen LogP contribution in [-0.2, 0) is 6.42 Å². The van der Waals surface area contributed by atoms with E-state index in [1.165, 1.54) is 12.8 Å². The van der Waals surface area contributed by atoms with Crippen LogP contribution in [-0.4, -0.2) is 41.8 Å². The van der Waals surface area contributed by atoms with Gasteiger partial charge in [0.15, 0.2) is 5.82 Å². The summed E-state index contributed by atoms with van der Waals surface area (Å²) in [4.78, 5) is 24.6. The zero-order valence-corrected chi connectivity index (χ0v) is 18.7. The van der Waals surface area contributed by atoms with E-state index in [4.69, 9.17) is 4.98 Å². The topological polar surface area (TPSA) is 81.7 Å². The molecule has 1 fully saturated rings. The third-order valence-corrected chi connectivity index (χ3v) is 6.44. The van der Waals surface area contributed by atoms with Crippen LogP contribution in [0.3, 0.4) is 0 Å². The van der Waals surface area contributed by atoms with E-state index in [9.17, 15) is 4.79 Å². The molecule has 0 atom stereocenters. The molecule has 4 heterocycles. The molecule has 0 saturated heterocycles. The minimum atomic E-state index is -0.0318. The zero-order valence-electron chi connectivity index (χ0n) is 18.7. The largest absolute Gasteiger partial charge is 0.310 e. The lowest BCUT2D eigenvalue weighted by molar-refractivity contribution is 0.0980. The molecule has 2 aliphatic rings. The molecule has 0 radical (unpaired) electrons. The first kappa shape index (κ1) is 19.8. The third-order valence-electron chi connectivity index (χ3n) is 6.44. The number of hydrogen-bond acceptors (Lipinski definition) is 5.